The van der Waals surface area contributed by atoms with Crippen molar-refractivity contribution in [2.45, 2.75) is 0 Å². The van der Waals surface area contributed by atoms with Gasteiger partial charge in [0.25, 0.3) is 5.91 Å². The summed E-state index contributed by atoms with van der Waals surface area (Å²) < 4.78 is 10.5. The Kier molecular flexibility index (Phi) is 3.68. The molecule has 0 aliphatic heterocycles. The maximum atomic E-state index is 12.7. The molecule has 0 spiro atoms. The van der Waals surface area contributed by atoms with Crippen molar-refractivity contribution in [3.05, 3.63) is 48.8 Å². The number of ether oxygens (including phenoxy) is 1. The Morgan fingerprint density at radius 2 is 1.77 bits per heavy atom. The number of hydrogen-bond acceptors (Lipinski definition) is 5. The molecule has 9 nitrogen and oxygen atoms in total. The highest BCUT2D eigenvalue weighted by atomic mass is 16.5. The highest BCUT2D eigenvalue weighted by Gasteiger charge is 2.19. The molecule has 0 aromatic carbocycles. The molecule has 4 aromatic rings. The van der Waals surface area contributed by atoms with Gasteiger partial charge in [0, 0.05) is 43.8 Å². The summed E-state index contributed by atoms with van der Waals surface area (Å²) in [4.78, 5) is 12.7. The third kappa shape index (κ3) is 2.69. The summed E-state index contributed by atoms with van der Waals surface area (Å²) >= 11 is 0. The van der Waals surface area contributed by atoms with Gasteiger partial charge in [0.2, 0.25) is 0 Å². The molecule has 4 aromatic heterocycles. The van der Waals surface area contributed by atoms with E-state index in [2.05, 4.69) is 20.6 Å². The lowest BCUT2D eigenvalue weighted by Gasteiger charge is -2.08. The maximum absolute atomic E-state index is 12.7. The summed E-state index contributed by atoms with van der Waals surface area (Å²) in [6.45, 7) is 0. The first-order chi connectivity index (χ1) is 12.5. The number of nitrogens with one attached hydrogen (secondary N) is 1. The molecule has 9 heteroatoms. The summed E-state index contributed by atoms with van der Waals surface area (Å²) in [6, 6.07) is 1.87. The van der Waals surface area contributed by atoms with Crippen LogP contribution in [-0.4, -0.2) is 42.2 Å². The SMILES string of the molecule is COc1cc(-c2cnn(C)c2)cn2ncc(C(=O)Nc3cnn(C)c3)c12. The minimum Gasteiger partial charge on any atom is -0.494 e. The van der Waals surface area contributed by atoms with E-state index in [4.69, 9.17) is 4.74 Å². The number of rotatable bonds is 4. The lowest BCUT2D eigenvalue weighted by atomic mass is 10.1. The van der Waals surface area contributed by atoms with Gasteiger partial charge in [-0.15, -0.1) is 0 Å². The van der Waals surface area contributed by atoms with Gasteiger partial charge in [-0.05, 0) is 6.07 Å². The molecule has 1 amide bonds. The molecule has 0 radical (unpaired) electrons. The predicted octanol–water partition coefficient (Wildman–Crippen LogP) is 1.73. The Morgan fingerprint density at radius 1 is 1.00 bits per heavy atom. The molecular weight excluding hydrogens is 334 g/mol. The number of nitrogens with zero attached hydrogens (tertiary/aromatic N) is 6. The Morgan fingerprint density at radius 3 is 2.42 bits per heavy atom. The van der Waals surface area contributed by atoms with E-state index in [9.17, 15) is 4.79 Å². The highest BCUT2D eigenvalue weighted by molar-refractivity contribution is 6.09. The van der Waals surface area contributed by atoms with E-state index < -0.39 is 0 Å². The highest BCUT2D eigenvalue weighted by Crippen LogP contribution is 2.30. The molecule has 0 aliphatic carbocycles. The van der Waals surface area contributed by atoms with E-state index in [1.807, 2.05) is 25.5 Å². The van der Waals surface area contributed by atoms with Crippen LogP contribution in [0.5, 0.6) is 5.75 Å². The van der Waals surface area contributed by atoms with Crippen molar-refractivity contribution in [1.29, 1.82) is 0 Å². The van der Waals surface area contributed by atoms with Crippen molar-refractivity contribution < 1.29 is 9.53 Å². The van der Waals surface area contributed by atoms with Gasteiger partial charge in [-0.1, -0.05) is 0 Å². The molecule has 1 N–H and O–H groups in total. The van der Waals surface area contributed by atoms with E-state index in [0.717, 1.165) is 11.1 Å². The molecule has 0 fully saturated rings. The number of anilines is 1. The van der Waals surface area contributed by atoms with Crippen molar-refractivity contribution in [2.75, 3.05) is 12.4 Å². The summed E-state index contributed by atoms with van der Waals surface area (Å²) in [5.74, 6) is 0.278. The summed E-state index contributed by atoms with van der Waals surface area (Å²) in [6.07, 6.45) is 10.3. The number of amides is 1. The van der Waals surface area contributed by atoms with Crippen LogP contribution in [0, 0.1) is 0 Å². The molecule has 0 unspecified atom stereocenters. The van der Waals surface area contributed by atoms with Crippen molar-refractivity contribution in [3.63, 3.8) is 0 Å². The fraction of sp³-hybridized carbons (Fsp3) is 0.176. The van der Waals surface area contributed by atoms with Gasteiger partial charge in [0.1, 0.15) is 11.3 Å². The molecular formula is C17H17N7O2. The average Bonchev–Trinajstić information content (AvgIpc) is 3.33. The van der Waals surface area contributed by atoms with Crippen molar-refractivity contribution >= 4 is 17.1 Å². The first-order valence-corrected chi connectivity index (χ1v) is 7.89. The van der Waals surface area contributed by atoms with Crippen LogP contribution in [0.15, 0.2) is 43.2 Å². The quantitative estimate of drug-likeness (QED) is 0.605. The Hall–Kier alpha value is -3.62. The fourth-order valence-electron chi connectivity index (χ4n) is 2.82. The predicted molar refractivity (Wildman–Crippen MR) is 95.1 cm³/mol. The van der Waals surface area contributed by atoms with E-state index in [0.29, 0.717) is 22.5 Å². The minimum atomic E-state index is -0.277. The van der Waals surface area contributed by atoms with Crippen LogP contribution in [0.4, 0.5) is 5.69 Å². The number of carbonyl (C=O) groups is 1. The number of fused-ring (bicyclic) bond motifs is 1. The van der Waals surface area contributed by atoms with Crippen LogP contribution in [0.25, 0.3) is 16.6 Å². The molecule has 4 heterocycles. The van der Waals surface area contributed by atoms with Crippen molar-refractivity contribution in [1.82, 2.24) is 29.2 Å². The second-order valence-electron chi connectivity index (χ2n) is 5.91. The second-order valence-corrected chi connectivity index (χ2v) is 5.91. The van der Waals surface area contributed by atoms with Gasteiger partial charge in [-0.25, -0.2) is 4.52 Å². The monoisotopic (exact) mass is 351 g/mol. The summed E-state index contributed by atoms with van der Waals surface area (Å²) in [5.41, 5.74) is 3.46. The normalized spacial score (nSPS) is 11.0. The molecule has 26 heavy (non-hydrogen) atoms. The molecule has 0 saturated heterocycles. The van der Waals surface area contributed by atoms with Crippen LogP contribution in [-0.2, 0) is 14.1 Å². The standard InChI is InChI=1S/C17H17N7O2/c1-22-8-12(5-18-22)11-4-15(26-3)16-14(7-20-24(16)9-11)17(25)21-13-6-19-23(2)10-13/h4-10H,1-3H3,(H,21,25). The van der Waals surface area contributed by atoms with Crippen molar-refractivity contribution in [3.8, 4) is 16.9 Å². The zero-order valence-corrected chi connectivity index (χ0v) is 14.5. The Bertz CT molecular complexity index is 1110. The average molecular weight is 351 g/mol. The molecule has 132 valence electrons. The lowest BCUT2D eigenvalue weighted by molar-refractivity contribution is 0.102. The summed E-state index contributed by atoms with van der Waals surface area (Å²) in [5, 5.41) is 15.4. The summed E-state index contributed by atoms with van der Waals surface area (Å²) in [7, 11) is 5.21. The smallest absolute Gasteiger partial charge is 0.259 e. The number of hydrogen-bond donors (Lipinski definition) is 1. The van der Waals surface area contributed by atoms with Crippen LogP contribution < -0.4 is 10.1 Å². The van der Waals surface area contributed by atoms with Crippen LogP contribution >= 0.6 is 0 Å². The van der Waals surface area contributed by atoms with Gasteiger partial charge in [0.15, 0.2) is 0 Å². The number of methoxy groups -OCH3 is 1. The maximum Gasteiger partial charge on any atom is 0.259 e. The third-order valence-electron chi connectivity index (χ3n) is 4.04. The number of aryl methyl sites for hydroxylation is 2. The van der Waals surface area contributed by atoms with Gasteiger partial charge in [-0.2, -0.15) is 15.3 Å². The van der Waals surface area contributed by atoms with Crippen LogP contribution in [0.2, 0.25) is 0 Å². The minimum absolute atomic E-state index is 0.277. The van der Waals surface area contributed by atoms with E-state index >= 15 is 0 Å². The van der Waals surface area contributed by atoms with Gasteiger partial charge >= 0.3 is 0 Å². The van der Waals surface area contributed by atoms with Crippen LogP contribution in [0.1, 0.15) is 10.4 Å². The van der Waals surface area contributed by atoms with Crippen LogP contribution in [0.3, 0.4) is 0 Å². The van der Waals surface area contributed by atoms with Crippen molar-refractivity contribution in [2.24, 2.45) is 14.1 Å². The van der Waals surface area contributed by atoms with E-state index in [1.54, 1.807) is 46.6 Å². The van der Waals surface area contributed by atoms with E-state index in [1.165, 1.54) is 6.20 Å². The third-order valence-corrected chi connectivity index (χ3v) is 4.04. The van der Waals surface area contributed by atoms with Gasteiger partial charge < -0.3 is 10.1 Å². The molecule has 4 rings (SSSR count). The zero-order valence-electron chi connectivity index (χ0n) is 14.5. The molecule has 0 atom stereocenters. The second kappa shape index (κ2) is 6.03. The fourth-order valence-corrected chi connectivity index (χ4v) is 2.82. The first kappa shape index (κ1) is 15.9. The molecule has 0 bridgehead atoms. The number of aromatic nitrogens is 6. The molecule has 0 saturated carbocycles. The Labute approximate surface area is 148 Å². The van der Waals surface area contributed by atoms with E-state index in [-0.39, 0.29) is 5.91 Å². The topological polar surface area (TPSA) is 91.3 Å². The number of pyridine rings is 1. The largest absolute Gasteiger partial charge is 0.494 e. The first-order valence-electron chi connectivity index (χ1n) is 7.89. The Balaban J connectivity index is 1.76. The molecule has 0 aliphatic rings. The lowest BCUT2D eigenvalue weighted by Crippen LogP contribution is -2.11. The number of carbonyl (C=O) groups excluding carboxylic acids is 1. The van der Waals surface area contributed by atoms with Gasteiger partial charge in [0.05, 0.1) is 37.0 Å². The van der Waals surface area contributed by atoms with Gasteiger partial charge in [-0.3, -0.25) is 14.2 Å². The zero-order chi connectivity index (χ0) is 18.3.